The molecule has 1 aromatic rings. The minimum atomic E-state index is -3.53. The van der Waals surface area contributed by atoms with Crippen molar-refractivity contribution in [2.24, 2.45) is 0 Å². The van der Waals surface area contributed by atoms with Crippen LogP contribution < -0.4 is 10.0 Å². The molecule has 0 saturated carbocycles. The summed E-state index contributed by atoms with van der Waals surface area (Å²) in [6.07, 6.45) is 1.33. The maximum atomic E-state index is 12.8. The lowest BCUT2D eigenvalue weighted by atomic mass is 9.97. The highest BCUT2D eigenvalue weighted by atomic mass is 32.2. The second-order valence-corrected chi connectivity index (χ2v) is 7.76. The zero-order valence-corrected chi connectivity index (χ0v) is 13.3. The van der Waals surface area contributed by atoms with Gasteiger partial charge in [0.15, 0.2) is 0 Å². The standard InChI is InChI=1S/C15H22N2O3S/c1-11-15(2,7-9-20-11)17-21(18,19)14-5-3-4-12-10-16-8-6-13(12)14/h3-5,11,16-17H,6-10H2,1-2H3. The molecule has 3 rings (SSSR count). The van der Waals surface area contributed by atoms with E-state index in [0.717, 1.165) is 30.6 Å². The third-order valence-electron chi connectivity index (χ3n) is 4.64. The number of rotatable bonds is 3. The molecule has 6 heteroatoms. The van der Waals surface area contributed by atoms with Gasteiger partial charge in [-0.2, -0.15) is 0 Å². The van der Waals surface area contributed by atoms with Gasteiger partial charge in [-0.1, -0.05) is 12.1 Å². The number of hydrogen-bond acceptors (Lipinski definition) is 4. The minimum absolute atomic E-state index is 0.117. The van der Waals surface area contributed by atoms with Crippen LogP contribution in [-0.2, 0) is 27.7 Å². The molecular weight excluding hydrogens is 288 g/mol. The normalized spacial score (nSPS) is 29.3. The summed E-state index contributed by atoms with van der Waals surface area (Å²) in [7, 11) is -3.53. The molecule has 2 aliphatic rings. The topological polar surface area (TPSA) is 67.4 Å². The lowest BCUT2D eigenvalue weighted by molar-refractivity contribution is 0.0957. The smallest absolute Gasteiger partial charge is 0.241 e. The molecule has 1 saturated heterocycles. The van der Waals surface area contributed by atoms with Crippen LogP contribution in [0.15, 0.2) is 23.1 Å². The van der Waals surface area contributed by atoms with Gasteiger partial charge in [-0.3, -0.25) is 0 Å². The van der Waals surface area contributed by atoms with Crippen molar-refractivity contribution in [1.82, 2.24) is 10.0 Å². The van der Waals surface area contributed by atoms with Crippen LogP contribution in [0.2, 0.25) is 0 Å². The Labute approximate surface area is 126 Å². The first-order chi connectivity index (χ1) is 9.92. The SMILES string of the molecule is CC1OCCC1(C)NS(=O)(=O)c1cccc2c1CCNC2. The average molecular weight is 310 g/mol. The van der Waals surface area contributed by atoms with Crippen molar-refractivity contribution in [3.05, 3.63) is 29.3 Å². The summed E-state index contributed by atoms with van der Waals surface area (Å²) in [4.78, 5) is 0.418. The Morgan fingerprint density at radius 3 is 2.95 bits per heavy atom. The number of benzene rings is 1. The lowest BCUT2D eigenvalue weighted by Gasteiger charge is -2.29. The summed E-state index contributed by atoms with van der Waals surface area (Å²) < 4.78 is 34.0. The summed E-state index contributed by atoms with van der Waals surface area (Å²) in [5.74, 6) is 0. The fourth-order valence-corrected chi connectivity index (χ4v) is 4.89. The van der Waals surface area contributed by atoms with Gasteiger partial charge in [0.2, 0.25) is 10.0 Å². The number of fused-ring (bicyclic) bond motifs is 1. The van der Waals surface area contributed by atoms with Gasteiger partial charge in [0.05, 0.1) is 16.5 Å². The van der Waals surface area contributed by atoms with Crippen LogP contribution in [0.3, 0.4) is 0 Å². The molecule has 2 unspecified atom stereocenters. The van der Waals surface area contributed by atoms with Crippen molar-refractivity contribution in [1.29, 1.82) is 0 Å². The molecule has 21 heavy (non-hydrogen) atoms. The third-order valence-corrected chi connectivity index (χ3v) is 6.34. The summed E-state index contributed by atoms with van der Waals surface area (Å²) in [5, 5.41) is 3.27. The first-order valence-electron chi connectivity index (χ1n) is 7.39. The second kappa shape index (κ2) is 5.35. The molecule has 0 amide bonds. The van der Waals surface area contributed by atoms with Crippen LogP contribution in [-0.4, -0.2) is 33.2 Å². The molecule has 2 N–H and O–H groups in total. The largest absolute Gasteiger partial charge is 0.376 e. The van der Waals surface area contributed by atoms with Crippen LogP contribution in [0.4, 0.5) is 0 Å². The van der Waals surface area contributed by atoms with E-state index in [9.17, 15) is 8.42 Å². The molecule has 2 atom stereocenters. The highest BCUT2D eigenvalue weighted by molar-refractivity contribution is 7.89. The molecule has 2 heterocycles. The fourth-order valence-electron chi connectivity index (χ4n) is 3.08. The Kier molecular flexibility index (Phi) is 3.81. The number of ether oxygens (including phenoxy) is 1. The summed E-state index contributed by atoms with van der Waals surface area (Å²) >= 11 is 0. The zero-order valence-electron chi connectivity index (χ0n) is 12.5. The summed E-state index contributed by atoms with van der Waals surface area (Å²) in [6, 6.07) is 5.51. The van der Waals surface area contributed by atoms with Gasteiger partial charge in [-0.05, 0) is 50.4 Å². The molecule has 1 fully saturated rings. The van der Waals surface area contributed by atoms with Crippen molar-refractivity contribution in [2.45, 2.75) is 49.8 Å². The number of nitrogens with one attached hydrogen (secondary N) is 2. The van der Waals surface area contributed by atoms with E-state index >= 15 is 0 Å². The zero-order chi connectivity index (χ0) is 15.1. The molecule has 0 spiro atoms. The molecule has 0 aromatic heterocycles. The van der Waals surface area contributed by atoms with E-state index in [1.54, 1.807) is 6.07 Å². The third kappa shape index (κ3) is 2.73. The molecule has 0 bridgehead atoms. The summed E-state index contributed by atoms with van der Waals surface area (Å²) in [6.45, 7) is 5.97. The van der Waals surface area contributed by atoms with E-state index in [4.69, 9.17) is 4.74 Å². The predicted octanol–water partition coefficient (Wildman–Crippen LogP) is 1.18. The van der Waals surface area contributed by atoms with E-state index < -0.39 is 15.6 Å². The maximum absolute atomic E-state index is 12.8. The van der Waals surface area contributed by atoms with Gasteiger partial charge in [0.1, 0.15) is 0 Å². The van der Waals surface area contributed by atoms with Gasteiger partial charge in [0.25, 0.3) is 0 Å². The van der Waals surface area contributed by atoms with Crippen LogP contribution in [0.25, 0.3) is 0 Å². The van der Waals surface area contributed by atoms with E-state index in [-0.39, 0.29) is 6.10 Å². The van der Waals surface area contributed by atoms with Crippen LogP contribution in [0.5, 0.6) is 0 Å². The first kappa shape index (κ1) is 15.0. The monoisotopic (exact) mass is 310 g/mol. The van der Waals surface area contributed by atoms with Gasteiger partial charge < -0.3 is 10.1 Å². The molecule has 5 nitrogen and oxygen atoms in total. The van der Waals surface area contributed by atoms with Crippen LogP contribution >= 0.6 is 0 Å². The first-order valence-corrected chi connectivity index (χ1v) is 8.88. The van der Waals surface area contributed by atoms with Crippen molar-refractivity contribution in [2.75, 3.05) is 13.2 Å². The van der Waals surface area contributed by atoms with Crippen molar-refractivity contribution >= 4 is 10.0 Å². The lowest BCUT2D eigenvalue weighted by Crippen LogP contribution is -2.50. The molecule has 1 aromatic carbocycles. The Balaban J connectivity index is 1.96. The highest BCUT2D eigenvalue weighted by Crippen LogP contribution is 2.29. The fraction of sp³-hybridized carbons (Fsp3) is 0.600. The Bertz CT molecular complexity index is 644. The van der Waals surface area contributed by atoms with Crippen LogP contribution in [0, 0.1) is 0 Å². The van der Waals surface area contributed by atoms with E-state index in [2.05, 4.69) is 10.0 Å². The second-order valence-electron chi connectivity index (χ2n) is 6.11. The molecule has 0 radical (unpaired) electrons. The molecule has 2 aliphatic heterocycles. The quantitative estimate of drug-likeness (QED) is 0.880. The Hall–Kier alpha value is -0.950. The highest BCUT2D eigenvalue weighted by Gasteiger charge is 2.41. The van der Waals surface area contributed by atoms with Gasteiger partial charge in [-0.25, -0.2) is 13.1 Å². The van der Waals surface area contributed by atoms with E-state index in [1.165, 1.54) is 0 Å². The molecule has 0 aliphatic carbocycles. The Morgan fingerprint density at radius 1 is 1.43 bits per heavy atom. The van der Waals surface area contributed by atoms with Gasteiger partial charge >= 0.3 is 0 Å². The van der Waals surface area contributed by atoms with Crippen LogP contribution in [0.1, 0.15) is 31.4 Å². The van der Waals surface area contributed by atoms with E-state index in [0.29, 0.717) is 17.9 Å². The molecular formula is C15H22N2O3S. The van der Waals surface area contributed by atoms with Gasteiger partial charge in [-0.15, -0.1) is 0 Å². The minimum Gasteiger partial charge on any atom is -0.376 e. The van der Waals surface area contributed by atoms with Crippen molar-refractivity contribution in [3.8, 4) is 0 Å². The number of sulfonamides is 1. The summed E-state index contributed by atoms with van der Waals surface area (Å²) in [5.41, 5.74) is 1.48. The molecule has 116 valence electrons. The Morgan fingerprint density at radius 2 is 2.24 bits per heavy atom. The predicted molar refractivity (Wildman–Crippen MR) is 80.6 cm³/mol. The number of hydrogen-bond donors (Lipinski definition) is 2. The van der Waals surface area contributed by atoms with Crippen molar-refractivity contribution < 1.29 is 13.2 Å². The van der Waals surface area contributed by atoms with E-state index in [1.807, 2.05) is 26.0 Å². The average Bonchev–Trinajstić information content (AvgIpc) is 2.77. The van der Waals surface area contributed by atoms with Crippen molar-refractivity contribution in [3.63, 3.8) is 0 Å². The van der Waals surface area contributed by atoms with Gasteiger partial charge in [0, 0.05) is 13.2 Å². The maximum Gasteiger partial charge on any atom is 0.241 e.